The number of amides is 1. The Morgan fingerprint density at radius 1 is 1.56 bits per heavy atom. The molecule has 1 unspecified atom stereocenters. The molecule has 1 amide bonds. The Balaban J connectivity index is 4.73. The molecule has 1 N–H and O–H groups in total. The minimum Gasteiger partial charge on any atom is -0.479 e. The van der Waals surface area contributed by atoms with Crippen LogP contribution < -0.4 is 0 Å². The molecule has 0 aliphatic carbocycles. The zero-order valence-corrected chi connectivity index (χ0v) is 9.73. The molecule has 1 atom stereocenters. The van der Waals surface area contributed by atoms with Crippen molar-refractivity contribution in [2.75, 3.05) is 27.4 Å². The van der Waals surface area contributed by atoms with E-state index in [2.05, 4.69) is 6.58 Å². The summed E-state index contributed by atoms with van der Waals surface area (Å²) < 4.78 is 9.54. The highest BCUT2D eigenvalue weighted by atomic mass is 16.6. The summed E-state index contributed by atoms with van der Waals surface area (Å²) in [5.41, 5.74) is -1.45. The van der Waals surface area contributed by atoms with Crippen LogP contribution in [-0.4, -0.2) is 55.0 Å². The molecule has 0 aliphatic heterocycles. The Morgan fingerprint density at radius 2 is 2.12 bits per heavy atom. The van der Waals surface area contributed by atoms with Gasteiger partial charge >= 0.3 is 12.1 Å². The van der Waals surface area contributed by atoms with Crippen LogP contribution in [-0.2, 0) is 14.3 Å². The van der Waals surface area contributed by atoms with Crippen LogP contribution in [0.1, 0.15) is 6.92 Å². The van der Waals surface area contributed by atoms with Crippen LogP contribution in [0.4, 0.5) is 4.79 Å². The van der Waals surface area contributed by atoms with Crippen LogP contribution in [0.2, 0.25) is 0 Å². The molecule has 0 bridgehead atoms. The predicted octanol–water partition coefficient (Wildman–Crippen LogP) is 0.731. The molecule has 0 aromatic carbocycles. The fourth-order valence-electron chi connectivity index (χ4n) is 1.01. The smallest absolute Gasteiger partial charge is 0.410 e. The van der Waals surface area contributed by atoms with Crippen molar-refractivity contribution in [3.05, 3.63) is 12.7 Å². The number of aliphatic carboxylic acids is 1. The zero-order valence-electron chi connectivity index (χ0n) is 9.73. The number of carbonyl (C=O) groups excluding carboxylic acids is 1. The van der Waals surface area contributed by atoms with Gasteiger partial charge in [0, 0.05) is 14.2 Å². The van der Waals surface area contributed by atoms with Crippen molar-refractivity contribution < 1.29 is 24.2 Å². The standard InChI is InChI=1S/C10H17NO5/c1-5-6-16-9(14)11(3)10(2,7-15-4)8(12)13/h5H,1,6-7H2,2-4H3,(H,12,13). The van der Waals surface area contributed by atoms with E-state index in [-0.39, 0.29) is 13.2 Å². The summed E-state index contributed by atoms with van der Waals surface area (Å²) in [5, 5.41) is 9.06. The Labute approximate surface area is 94.4 Å². The summed E-state index contributed by atoms with van der Waals surface area (Å²) in [6.45, 7) is 4.68. The van der Waals surface area contributed by atoms with Crippen molar-refractivity contribution in [3.8, 4) is 0 Å². The Hall–Kier alpha value is -1.56. The summed E-state index contributed by atoms with van der Waals surface area (Å²) in [6.07, 6.45) is 0.669. The van der Waals surface area contributed by atoms with Gasteiger partial charge in [-0.1, -0.05) is 12.7 Å². The van der Waals surface area contributed by atoms with Crippen LogP contribution in [0.25, 0.3) is 0 Å². The van der Waals surface area contributed by atoms with E-state index >= 15 is 0 Å². The predicted molar refractivity (Wildman–Crippen MR) is 57.2 cm³/mol. The molecule has 0 rings (SSSR count). The van der Waals surface area contributed by atoms with Gasteiger partial charge in [0.1, 0.15) is 6.61 Å². The lowest BCUT2D eigenvalue weighted by atomic mass is 10.0. The van der Waals surface area contributed by atoms with Crippen molar-refractivity contribution in [3.63, 3.8) is 0 Å². The van der Waals surface area contributed by atoms with E-state index in [1.54, 1.807) is 0 Å². The normalized spacial score (nSPS) is 13.7. The van der Waals surface area contributed by atoms with Crippen LogP contribution in [0.3, 0.4) is 0 Å². The highest BCUT2D eigenvalue weighted by molar-refractivity contribution is 5.84. The highest BCUT2D eigenvalue weighted by Gasteiger charge is 2.41. The molecule has 0 radical (unpaired) electrons. The lowest BCUT2D eigenvalue weighted by molar-refractivity contribution is -0.151. The van der Waals surface area contributed by atoms with Gasteiger partial charge in [-0.2, -0.15) is 0 Å². The molecule has 0 saturated carbocycles. The average Bonchev–Trinajstić information content (AvgIpc) is 2.24. The number of methoxy groups -OCH3 is 1. The van der Waals surface area contributed by atoms with Gasteiger partial charge in [0.05, 0.1) is 6.61 Å². The summed E-state index contributed by atoms with van der Waals surface area (Å²) in [7, 11) is 2.71. The third-order valence-electron chi connectivity index (χ3n) is 2.22. The van der Waals surface area contributed by atoms with E-state index < -0.39 is 17.6 Å². The minimum atomic E-state index is -1.45. The zero-order chi connectivity index (χ0) is 12.8. The number of nitrogens with zero attached hydrogens (tertiary/aromatic N) is 1. The van der Waals surface area contributed by atoms with Gasteiger partial charge in [-0.05, 0) is 6.92 Å². The molecule has 0 aromatic heterocycles. The second-order valence-corrected chi connectivity index (χ2v) is 3.44. The molecule has 0 aliphatic rings. The second kappa shape index (κ2) is 6.12. The first-order chi connectivity index (χ1) is 7.40. The molecule has 0 fully saturated rings. The molecular weight excluding hydrogens is 214 g/mol. The van der Waals surface area contributed by atoms with Gasteiger partial charge in [0.2, 0.25) is 0 Å². The van der Waals surface area contributed by atoms with Crippen molar-refractivity contribution in [2.24, 2.45) is 0 Å². The first-order valence-electron chi connectivity index (χ1n) is 4.64. The number of carboxylic acids is 1. The molecule has 0 heterocycles. The Kier molecular flexibility index (Phi) is 5.52. The third-order valence-corrected chi connectivity index (χ3v) is 2.22. The van der Waals surface area contributed by atoms with Crippen molar-refractivity contribution in [1.29, 1.82) is 0 Å². The number of carboxylic acid groups (broad SMARTS) is 1. The summed E-state index contributed by atoms with van der Waals surface area (Å²) in [5.74, 6) is -1.16. The summed E-state index contributed by atoms with van der Waals surface area (Å²) in [4.78, 5) is 23.5. The minimum absolute atomic E-state index is 0.0336. The van der Waals surface area contributed by atoms with Gasteiger partial charge < -0.3 is 14.6 Å². The van der Waals surface area contributed by atoms with Crippen molar-refractivity contribution in [1.82, 2.24) is 4.90 Å². The largest absolute Gasteiger partial charge is 0.479 e. The fraction of sp³-hybridized carbons (Fsp3) is 0.600. The first-order valence-corrected chi connectivity index (χ1v) is 4.64. The van der Waals surface area contributed by atoms with Gasteiger partial charge in [0.25, 0.3) is 0 Å². The van der Waals surface area contributed by atoms with E-state index in [1.807, 2.05) is 0 Å². The second-order valence-electron chi connectivity index (χ2n) is 3.44. The average molecular weight is 231 g/mol. The van der Waals surface area contributed by atoms with E-state index in [9.17, 15) is 9.59 Å². The topological polar surface area (TPSA) is 76.1 Å². The van der Waals surface area contributed by atoms with E-state index in [4.69, 9.17) is 14.6 Å². The molecular formula is C10H17NO5. The molecule has 0 aromatic rings. The maximum atomic E-state index is 11.5. The van der Waals surface area contributed by atoms with Gasteiger partial charge in [0.15, 0.2) is 5.54 Å². The third kappa shape index (κ3) is 3.23. The highest BCUT2D eigenvalue weighted by Crippen LogP contribution is 2.15. The molecule has 92 valence electrons. The van der Waals surface area contributed by atoms with Crippen LogP contribution >= 0.6 is 0 Å². The molecule has 6 nitrogen and oxygen atoms in total. The molecule has 0 saturated heterocycles. The molecule has 0 spiro atoms. The van der Waals surface area contributed by atoms with Crippen molar-refractivity contribution >= 4 is 12.1 Å². The SMILES string of the molecule is C=CCOC(=O)N(C)C(C)(COC)C(=O)O. The lowest BCUT2D eigenvalue weighted by Crippen LogP contribution is -2.56. The van der Waals surface area contributed by atoms with Crippen LogP contribution in [0, 0.1) is 0 Å². The number of rotatable bonds is 6. The quantitative estimate of drug-likeness (QED) is 0.682. The fourth-order valence-corrected chi connectivity index (χ4v) is 1.01. The van der Waals surface area contributed by atoms with E-state index in [0.717, 1.165) is 4.90 Å². The number of ether oxygens (including phenoxy) is 2. The monoisotopic (exact) mass is 231 g/mol. The maximum absolute atomic E-state index is 11.5. The molecule has 6 heteroatoms. The van der Waals surface area contributed by atoms with E-state index in [1.165, 1.54) is 27.2 Å². The van der Waals surface area contributed by atoms with Gasteiger partial charge in [-0.25, -0.2) is 9.59 Å². The van der Waals surface area contributed by atoms with Gasteiger partial charge in [-0.3, -0.25) is 4.90 Å². The van der Waals surface area contributed by atoms with E-state index in [0.29, 0.717) is 0 Å². The van der Waals surface area contributed by atoms with Crippen LogP contribution in [0.15, 0.2) is 12.7 Å². The number of hydrogen-bond acceptors (Lipinski definition) is 4. The first kappa shape index (κ1) is 14.4. The number of carbonyl (C=O) groups is 2. The molecule has 16 heavy (non-hydrogen) atoms. The maximum Gasteiger partial charge on any atom is 0.410 e. The lowest BCUT2D eigenvalue weighted by Gasteiger charge is -2.33. The number of likely N-dealkylation sites (N-methyl/N-ethyl adjacent to an activating group) is 1. The van der Waals surface area contributed by atoms with Crippen molar-refractivity contribution in [2.45, 2.75) is 12.5 Å². The summed E-state index contributed by atoms with van der Waals surface area (Å²) >= 11 is 0. The summed E-state index contributed by atoms with van der Waals surface area (Å²) in [6, 6.07) is 0. The Bertz CT molecular complexity index is 278. The van der Waals surface area contributed by atoms with Crippen LogP contribution in [0.5, 0.6) is 0 Å². The number of hydrogen-bond donors (Lipinski definition) is 1. The Morgan fingerprint density at radius 3 is 2.50 bits per heavy atom. The van der Waals surface area contributed by atoms with Gasteiger partial charge in [-0.15, -0.1) is 0 Å².